The number of carbonyl (C=O) groups excluding carboxylic acids is 1. The molecule has 1 aromatic carbocycles. The summed E-state index contributed by atoms with van der Waals surface area (Å²) < 4.78 is 0. The maximum atomic E-state index is 11.0. The summed E-state index contributed by atoms with van der Waals surface area (Å²) in [5, 5.41) is -0.289. The zero-order valence-electron chi connectivity index (χ0n) is 8.65. The number of imidazole rings is 1. The van der Waals surface area contributed by atoms with Crippen molar-refractivity contribution < 1.29 is 4.79 Å². The highest BCUT2D eigenvalue weighted by Crippen LogP contribution is 2.12. The topological polar surface area (TPSA) is 69.0 Å². The van der Waals surface area contributed by atoms with Gasteiger partial charge in [0.2, 0.25) is 0 Å². The third-order valence-corrected chi connectivity index (χ3v) is 2.67. The molecule has 0 unspecified atom stereocenters. The molecule has 2 rings (SSSR count). The molecule has 84 valence electrons. The summed E-state index contributed by atoms with van der Waals surface area (Å²) in [7, 11) is 1.67. The van der Waals surface area contributed by atoms with Crippen LogP contribution in [0.1, 0.15) is 5.56 Å². The van der Waals surface area contributed by atoms with Gasteiger partial charge in [-0.3, -0.25) is 4.79 Å². The molecule has 1 aromatic heterocycles. The SMILES string of the molecule is CN(Cc1ccc2[nH]c(=O)[nH]c2c1)C(=O)S. The summed E-state index contributed by atoms with van der Waals surface area (Å²) in [6, 6.07) is 5.50. The van der Waals surface area contributed by atoms with Crippen LogP contribution in [0.4, 0.5) is 4.79 Å². The maximum Gasteiger partial charge on any atom is 0.323 e. The number of benzene rings is 1. The molecule has 6 heteroatoms. The number of hydrogen-bond donors (Lipinski definition) is 3. The van der Waals surface area contributed by atoms with E-state index in [-0.39, 0.29) is 10.9 Å². The number of amides is 1. The number of aromatic amines is 2. The number of H-pyrrole nitrogens is 2. The molecule has 0 aliphatic rings. The quantitative estimate of drug-likeness (QED) is 0.690. The average Bonchev–Trinajstić information content (AvgIpc) is 2.57. The average molecular weight is 237 g/mol. The van der Waals surface area contributed by atoms with Gasteiger partial charge >= 0.3 is 5.69 Å². The lowest BCUT2D eigenvalue weighted by atomic mass is 10.2. The van der Waals surface area contributed by atoms with Crippen LogP contribution in [0, 0.1) is 0 Å². The van der Waals surface area contributed by atoms with Crippen molar-refractivity contribution in [3.8, 4) is 0 Å². The van der Waals surface area contributed by atoms with E-state index >= 15 is 0 Å². The van der Waals surface area contributed by atoms with E-state index in [0.29, 0.717) is 6.54 Å². The second kappa shape index (κ2) is 4.05. The predicted octanol–water partition coefficient (Wildman–Crippen LogP) is 1.34. The fourth-order valence-electron chi connectivity index (χ4n) is 1.52. The van der Waals surface area contributed by atoms with Gasteiger partial charge in [0.25, 0.3) is 5.24 Å². The second-order valence-corrected chi connectivity index (χ2v) is 3.98. The summed E-state index contributed by atoms with van der Waals surface area (Å²) >= 11 is 3.72. The van der Waals surface area contributed by atoms with Gasteiger partial charge in [0.05, 0.1) is 11.0 Å². The Morgan fingerprint density at radius 2 is 2.06 bits per heavy atom. The first-order valence-electron chi connectivity index (χ1n) is 4.71. The first kappa shape index (κ1) is 10.8. The van der Waals surface area contributed by atoms with Crippen LogP contribution in [0.5, 0.6) is 0 Å². The Labute approximate surface area is 96.9 Å². The predicted molar refractivity (Wildman–Crippen MR) is 64.8 cm³/mol. The monoisotopic (exact) mass is 237 g/mol. The van der Waals surface area contributed by atoms with Crippen LogP contribution >= 0.6 is 12.6 Å². The van der Waals surface area contributed by atoms with Crippen LogP contribution in [-0.2, 0) is 6.54 Å². The van der Waals surface area contributed by atoms with Crippen LogP contribution in [0.25, 0.3) is 11.0 Å². The van der Waals surface area contributed by atoms with Crippen molar-refractivity contribution in [2.75, 3.05) is 7.05 Å². The van der Waals surface area contributed by atoms with E-state index < -0.39 is 0 Å². The standard InChI is InChI=1S/C10H11N3O2S/c1-13(10(15)16)5-6-2-3-7-8(4-6)12-9(14)11-7/h2-4H,5H2,1H3,(H,15,16)(H2,11,12,14). The first-order chi connectivity index (χ1) is 7.56. The lowest BCUT2D eigenvalue weighted by Crippen LogP contribution is -2.20. The number of thiol groups is 1. The van der Waals surface area contributed by atoms with Crippen molar-refractivity contribution in [2.24, 2.45) is 0 Å². The molecule has 0 fully saturated rings. The van der Waals surface area contributed by atoms with Crippen molar-refractivity contribution >= 4 is 28.9 Å². The smallest absolute Gasteiger partial charge is 0.323 e. The normalized spacial score (nSPS) is 10.6. The Morgan fingerprint density at radius 1 is 1.38 bits per heavy atom. The summed E-state index contributed by atoms with van der Waals surface area (Å²) in [5.41, 5.74) is 2.20. The number of hydrogen-bond acceptors (Lipinski definition) is 2. The molecular formula is C10H11N3O2S. The van der Waals surface area contributed by atoms with Gasteiger partial charge in [-0.05, 0) is 17.7 Å². The number of nitrogens with zero attached hydrogens (tertiary/aromatic N) is 1. The molecule has 1 amide bonds. The largest absolute Gasteiger partial charge is 0.333 e. The van der Waals surface area contributed by atoms with Gasteiger partial charge in [0.1, 0.15) is 0 Å². The Balaban J connectivity index is 2.32. The van der Waals surface area contributed by atoms with Gasteiger partial charge in [-0.1, -0.05) is 18.7 Å². The van der Waals surface area contributed by atoms with Gasteiger partial charge in [0.15, 0.2) is 0 Å². The third kappa shape index (κ3) is 2.11. The van der Waals surface area contributed by atoms with E-state index in [4.69, 9.17) is 0 Å². The fraction of sp³-hybridized carbons (Fsp3) is 0.200. The molecule has 16 heavy (non-hydrogen) atoms. The summed E-state index contributed by atoms with van der Waals surface area (Å²) in [6.45, 7) is 0.464. The van der Waals surface area contributed by atoms with E-state index in [0.717, 1.165) is 16.6 Å². The molecule has 0 aliphatic heterocycles. The first-order valence-corrected chi connectivity index (χ1v) is 5.16. The third-order valence-electron chi connectivity index (χ3n) is 2.33. The minimum absolute atomic E-state index is 0.231. The lowest BCUT2D eigenvalue weighted by Gasteiger charge is -2.13. The number of nitrogens with one attached hydrogen (secondary N) is 2. The van der Waals surface area contributed by atoms with E-state index in [2.05, 4.69) is 22.6 Å². The Hall–Kier alpha value is -1.69. The molecule has 0 saturated carbocycles. The van der Waals surface area contributed by atoms with E-state index in [1.165, 1.54) is 4.90 Å². The van der Waals surface area contributed by atoms with Crippen molar-refractivity contribution in [1.29, 1.82) is 0 Å². The summed E-state index contributed by atoms with van der Waals surface area (Å²) in [6.07, 6.45) is 0. The maximum absolute atomic E-state index is 11.0. The summed E-state index contributed by atoms with van der Waals surface area (Å²) in [4.78, 5) is 28.8. The fourth-order valence-corrected chi connectivity index (χ4v) is 1.59. The van der Waals surface area contributed by atoms with Crippen LogP contribution in [0.2, 0.25) is 0 Å². The molecule has 1 heterocycles. The highest BCUT2D eigenvalue weighted by Gasteiger charge is 2.05. The summed E-state index contributed by atoms with van der Waals surface area (Å²) in [5.74, 6) is 0. The van der Waals surface area contributed by atoms with Gasteiger partial charge in [-0.15, -0.1) is 0 Å². The number of rotatable bonds is 2. The molecular weight excluding hydrogens is 226 g/mol. The van der Waals surface area contributed by atoms with E-state index in [1.54, 1.807) is 13.1 Å². The minimum atomic E-state index is -0.289. The molecule has 0 saturated heterocycles. The van der Waals surface area contributed by atoms with Gasteiger partial charge in [-0.25, -0.2) is 4.79 Å². The van der Waals surface area contributed by atoms with Gasteiger partial charge < -0.3 is 14.9 Å². The number of fused-ring (bicyclic) bond motifs is 1. The van der Waals surface area contributed by atoms with Crippen LogP contribution in [0.15, 0.2) is 23.0 Å². The van der Waals surface area contributed by atoms with Gasteiger partial charge in [-0.2, -0.15) is 0 Å². The van der Waals surface area contributed by atoms with Crippen molar-refractivity contribution in [3.05, 3.63) is 34.2 Å². The second-order valence-electron chi connectivity index (χ2n) is 3.60. The Bertz CT molecular complexity index is 587. The van der Waals surface area contributed by atoms with Crippen molar-refractivity contribution in [2.45, 2.75) is 6.54 Å². The Kier molecular flexibility index (Phi) is 2.74. The zero-order valence-corrected chi connectivity index (χ0v) is 9.54. The number of aromatic nitrogens is 2. The Morgan fingerprint density at radius 3 is 2.75 bits per heavy atom. The van der Waals surface area contributed by atoms with Crippen LogP contribution in [0.3, 0.4) is 0 Å². The molecule has 0 bridgehead atoms. The van der Waals surface area contributed by atoms with Crippen molar-refractivity contribution in [3.63, 3.8) is 0 Å². The molecule has 2 N–H and O–H groups in total. The molecule has 0 spiro atoms. The zero-order chi connectivity index (χ0) is 11.7. The van der Waals surface area contributed by atoms with E-state index in [9.17, 15) is 9.59 Å². The minimum Gasteiger partial charge on any atom is -0.333 e. The lowest BCUT2D eigenvalue weighted by molar-refractivity contribution is 0.232. The molecule has 5 nitrogen and oxygen atoms in total. The van der Waals surface area contributed by atoms with Crippen molar-refractivity contribution in [1.82, 2.24) is 14.9 Å². The van der Waals surface area contributed by atoms with Crippen LogP contribution in [-0.4, -0.2) is 27.2 Å². The molecule has 2 aromatic rings. The molecule has 0 atom stereocenters. The number of carbonyl (C=O) groups is 1. The highest BCUT2D eigenvalue weighted by atomic mass is 32.1. The van der Waals surface area contributed by atoms with Crippen LogP contribution < -0.4 is 5.69 Å². The molecule has 0 aliphatic carbocycles. The highest BCUT2D eigenvalue weighted by molar-refractivity contribution is 7.96. The van der Waals surface area contributed by atoms with Gasteiger partial charge in [0, 0.05) is 13.6 Å². The molecule has 0 radical (unpaired) electrons. The van der Waals surface area contributed by atoms with E-state index in [1.807, 2.05) is 12.1 Å².